The number of carbonyl (C=O) groups excluding carboxylic acids is 1. The van der Waals surface area contributed by atoms with Gasteiger partial charge in [-0.3, -0.25) is 0 Å². The zero-order valence-electron chi connectivity index (χ0n) is 13.8. The Labute approximate surface area is 156 Å². The first-order valence-electron chi connectivity index (χ1n) is 8.22. The van der Waals surface area contributed by atoms with Crippen LogP contribution in [0.15, 0.2) is 83.3 Å². The lowest BCUT2D eigenvalue weighted by Gasteiger charge is -2.20. The summed E-state index contributed by atoms with van der Waals surface area (Å²) < 4.78 is 7.06. The lowest BCUT2D eigenvalue weighted by molar-refractivity contribution is -0.108. The minimum absolute atomic E-state index is 0.0260. The van der Waals surface area contributed by atoms with E-state index >= 15 is 0 Å². The number of ether oxygens (including phenoxy) is 1. The maximum atomic E-state index is 11.3. The second-order valence-corrected chi connectivity index (χ2v) is 6.74. The molecule has 2 nitrogen and oxygen atoms in total. The lowest BCUT2D eigenvalue weighted by atomic mass is 9.88. The van der Waals surface area contributed by atoms with Crippen molar-refractivity contribution in [2.24, 2.45) is 0 Å². The van der Waals surface area contributed by atoms with Gasteiger partial charge < -0.3 is 9.53 Å². The van der Waals surface area contributed by atoms with Crippen LogP contribution < -0.4 is 4.74 Å². The topological polar surface area (TPSA) is 26.3 Å². The first-order valence-corrected chi connectivity index (χ1v) is 9.02. The van der Waals surface area contributed by atoms with Crippen LogP contribution in [0.1, 0.15) is 29.0 Å². The molecule has 1 atom stereocenters. The molecule has 0 aromatic heterocycles. The summed E-state index contributed by atoms with van der Waals surface area (Å²) in [4.78, 5) is 11.3. The smallest absolute Gasteiger partial charge is 0.123 e. The Balaban J connectivity index is 1.93. The van der Waals surface area contributed by atoms with E-state index in [1.165, 1.54) is 0 Å². The summed E-state index contributed by atoms with van der Waals surface area (Å²) in [6.07, 6.45) is 1.39. The Morgan fingerprint density at radius 1 is 0.920 bits per heavy atom. The fraction of sp³-hybridized carbons (Fsp3) is 0.136. The Kier molecular flexibility index (Phi) is 6.02. The van der Waals surface area contributed by atoms with Crippen molar-refractivity contribution in [1.82, 2.24) is 0 Å². The van der Waals surface area contributed by atoms with E-state index in [0.29, 0.717) is 13.0 Å². The summed E-state index contributed by atoms with van der Waals surface area (Å²) in [6, 6.07) is 26.1. The standard InChI is InChI=1S/C22H19BrO2/c23-19-11-12-22(25-16-17-7-3-1-4-8-17)21(15-19)20(13-14-24)18-9-5-2-6-10-18/h1-12,14-15,20H,13,16H2. The SMILES string of the molecule is O=CCC(c1ccccc1)c1cc(Br)ccc1OCc1ccccc1. The third-order valence-electron chi connectivity index (χ3n) is 4.12. The molecule has 0 N–H and O–H groups in total. The highest BCUT2D eigenvalue weighted by molar-refractivity contribution is 9.10. The van der Waals surface area contributed by atoms with Crippen LogP contribution in [0, 0.1) is 0 Å². The molecular weight excluding hydrogens is 376 g/mol. The summed E-state index contributed by atoms with van der Waals surface area (Å²) in [5.74, 6) is 0.782. The number of aldehydes is 1. The normalized spacial score (nSPS) is 11.7. The Morgan fingerprint density at radius 3 is 2.28 bits per heavy atom. The molecule has 0 saturated heterocycles. The second-order valence-electron chi connectivity index (χ2n) is 5.82. The number of hydrogen-bond acceptors (Lipinski definition) is 2. The van der Waals surface area contributed by atoms with Crippen molar-refractivity contribution >= 4 is 22.2 Å². The molecule has 0 aliphatic carbocycles. The molecule has 3 rings (SSSR count). The van der Waals surface area contributed by atoms with E-state index in [2.05, 4.69) is 28.1 Å². The maximum Gasteiger partial charge on any atom is 0.123 e. The van der Waals surface area contributed by atoms with Gasteiger partial charge in [0, 0.05) is 22.4 Å². The minimum Gasteiger partial charge on any atom is -0.489 e. The molecule has 0 amide bonds. The molecule has 3 heteroatoms. The molecule has 0 aliphatic heterocycles. The number of benzene rings is 3. The van der Waals surface area contributed by atoms with Gasteiger partial charge in [0.2, 0.25) is 0 Å². The van der Waals surface area contributed by atoms with Gasteiger partial charge in [0.25, 0.3) is 0 Å². The first kappa shape index (κ1) is 17.4. The van der Waals surface area contributed by atoms with Gasteiger partial charge in [-0.1, -0.05) is 76.6 Å². The van der Waals surface area contributed by atoms with Crippen molar-refractivity contribution in [2.75, 3.05) is 0 Å². The zero-order valence-corrected chi connectivity index (χ0v) is 15.4. The van der Waals surface area contributed by atoms with Gasteiger partial charge in [0.05, 0.1) is 0 Å². The zero-order chi connectivity index (χ0) is 17.5. The van der Waals surface area contributed by atoms with Crippen molar-refractivity contribution in [3.8, 4) is 5.75 Å². The molecule has 0 spiro atoms. The minimum atomic E-state index is -0.0260. The fourth-order valence-electron chi connectivity index (χ4n) is 2.88. The van der Waals surface area contributed by atoms with E-state index in [-0.39, 0.29) is 5.92 Å². The third-order valence-corrected chi connectivity index (χ3v) is 4.61. The van der Waals surface area contributed by atoms with Gasteiger partial charge in [0.1, 0.15) is 18.6 Å². The molecule has 0 heterocycles. The van der Waals surface area contributed by atoms with E-state index in [9.17, 15) is 4.79 Å². The van der Waals surface area contributed by atoms with Crippen LogP contribution in [0.3, 0.4) is 0 Å². The number of carbonyl (C=O) groups is 1. The quantitative estimate of drug-likeness (QED) is 0.476. The molecule has 3 aromatic carbocycles. The molecular formula is C22H19BrO2. The van der Waals surface area contributed by atoms with Gasteiger partial charge in [-0.05, 0) is 29.3 Å². The van der Waals surface area contributed by atoms with Crippen LogP contribution in [-0.2, 0) is 11.4 Å². The van der Waals surface area contributed by atoms with E-state index in [1.807, 2.05) is 66.7 Å². The highest BCUT2D eigenvalue weighted by atomic mass is 79.9. The molecule has 0 fully saturated rings. The molecule has 0 radical (unpaired) electrons. The predicted molar refractivity (Wildman–Crippen MR) is 104 cm³/mol. The molecule has 25 heavy (non-hydrogen) atoms. The summed E-state index contributed by atoms with van der Waals surface area (Å²) in [5, 5.41) is 0. The van der Waals surface area contributed by atoms with Crippen LogP contribution >= 0.6 is 15.9 Å². The van der Waals surface area contributed by atoms with E-state index < -0.39 is 0 Å². The molecule has 1 unspecified atom stereocenters. The largest absolute Gasteiger partial charge is 0.489 e. The summed E-state index contributed by atoms with van der Waals surface area (Å²) in [7, 11) is 0. The summed E-state index contributed by atoms with van der Waals surface area (Å²) in [5.41, 5.74) is 3.24. The first-order chi connectivity index (χ1) is 12.3. The molecule has 126 valence electrons. The second kappa shape index (κ2) is 8.63. The fourth-order valence-corrected chi connectivity index (χ4v) is 3.26. The highest BCUT2D eigenvalue weighted by Crippen LogP contribution is 2.36. The third kappa shape index (κ3) is 4.58. The summed E-state index contributed by atoms with van der Waals surface area (Å²) in [6.45, 7) is 0.498. The Bertz CT molecular complexity index is 816. The van der Waals surface area contributed by atoms with Crippen molar-refractivity contribution in [1.29, 1.82) is 0 Å². The summed E-state index contributed by atoms with van der Waals surface area (Å²) >= 11 is 3.54. The average molecular weight is 395 g/mol. The van der Waals surface area contributed by atoms with Crippen LogP contribution in [0.5, 0.6) is 5.75 Å². The number of hydrogen-bond donors (Lipinski definition) is 0. The molecule has 0 bridgehead atoms. The van der Waals surface area contributed by atoms with Gasteiger partial charge in [-0.2, -0.15) is 0 Å². The number of rotatable bonds is 7. The van der Waals surface area contributed by atoms with Crippen molar-refractivity contribution in [2.45, 2.75) is 18.9 Å². The number of halogens is 1. The lowest BCUT2D eigenvalue weighted by Crippen LogP contribution is -2.06. The highest BCUT2D eigenvalue weighted by Gasteiger charge is 2.19. The maximum absolute atomic E-state index is 11.3. The Morgan fingerprint density at radius 2 is 1.60 bits per heavy atom. The van der Waals surface area contributed by atoms with E-state index in [0.717, 1.165) is 33.2 Å². The van der Waals surface area contributed by atoms with Crippen LogP contribution in [0.2, 0.25) is 0 Å². The van der Waals surface area contributed by atoms with Crippen LogP contribution in [-0.4, -0.2) is 6.29 Å². The Hall–Kier alpha value is -2.39. The van der Waals surface area contributed by atoms with Crippen molar-refractivity contribution in [3.05, 3.63) is 100 Å². The van der Waals surface area contributed by atoms with Gasteiger partial charge in [0.15, 0.2) is 0 Å². The van der Waals surface area contributed by atoms with Crippen LogP contribution in [0.25, 0.3) is 0 Å². The van der Waals surface area contributed by atoms with Crippen LogP contribution in [0.4, 0.5) is 0 Å². The van der Waals surface area contributed by atoms with Crippen molar-refractivity contribution in [3.63, 3.8) is 0 Å². The monoisotopic (exact) mass is 394 g/mol. The molecule has 0 aliphatic rings. The molecule has 3 aromatic rings. The predicted octanol–water partition coefficient (Wildman–Crippen LogP) is 5.75. The van der Waals surface area contributed by atoms with E-state index in [4.69, 9.17) is 4.74 Å². The van der Waals surface area contributed by atoms with Gasteiger partial charge >= 0.3 is 0 Å². The van der Waals surface area contributed by atoms with Gasteiger partial charge in [-0.15, -0.1) is 0 Å². The van der Waals surface area contributed by atoms with Gasteiger partial charge in [-0.25, -0.2) is 0 Å². The average Bonchev–Trinajstić information content (AvgIpc) is 2.66. The molecule has 0 saturated carbocycles. The van der Waals surface area contributed by atoms with Crippen molar-refractivity contribution < 1.29 is 9.53 Å². The van der Waals surface area contributed by atoms with E-state index in [1.54, 1.807) is 0 Å².